The molecule has 0 saturated carbocycles. The Morgan fingerprint density at radius 2 is 1.79 bits per heavy atom. The topological polar surface area (TPSA) is 29.1 Å². The van der Waals surface area contributed by atoms with Crippen LogP contribution in [0.3, 0.4) is 0 Å². The molecule has 0 bridgehead atoms. The van der Waals surface area contributed by atoms with Crippen molar-refractivity contribution in [1.82, 2.24) is 4.72 Å². The van der Waals surface area contributed by atoms with E-state index < -0.39 is 0 Å². The number of carbonyl (C=O) groups excluding carboxylic acids is 1. The van der Waals surface area contributed by atoms with Gasteiger partial charge in [0, 0.05) is 5.56 Å². The Hall–Kier alpha value is -1.48. The fourth-order valence-corrected chi connectivity index (χ4v) is 1.52. The van der Waals surface area contributed by atoms with Gasteiger partial charge in [-0.05, 0) is 22.9 Å². The summed E-state index contributed by atoms with van der Waals surface area (Å²) in [7, 11) is 0. The van der Waals surface area contributed by atoms with Crippen LogP contribution in [0.1, 0.15) is 10.4 Å². The minimum atomic E-state index is -0.181. The molecule has 14 heavy (non-hydrogen) atoms. The molecule has 1 amide bonds. The van der Waals surface area contributed by atoms with Crippen molar-refractivity contribution in [3.05, 3.63) is 48.0 Å². The zero-order valence-electron chi connectivity index (χ0n) is 7.40. The van der Waals surface area contributed by atoms with Crippen molar-refractivity contribution < 1.29 is 4.79 Å². The summed E-state index contributed by atoms with van der Waals surface area (Å²) in [5, 5.41) is 2.19. The van der Waals surface area contributed by atoms with E-state index in [2.05, 4.69) is 17.5 Å². The number of hydrogen-bond donors (Lipinski definition) is 2. The maximum Gasteiger partial charge on any atom is 0.260 e. The first-order valence-corrected chi connectivity index (χ1v) is 4.69. The summed E-state index contributed by atoms with van der Waals surface area (Å²) in [6, 6.07) is 13.5. The summed E-state index contributed by atoms with van der Waals surface area (Å²) in [5.41, 5.74) is 0.624. The van der Waals surface area contributed by atoms with Gasteiger partial charge in [-0.25, -0.2) is 0 Å². The molecule has 1 N–H and O–H groups in total. The molecule has 70 valence electrons. The zero-order chi connectivity index (χ0) is 9.97. The molecule has 2 nitrogen and oxygen atoms in total. The SMILES string of the molecule is O=C(NS)c1ccc2ccccc2c1. The molecule has 0 aliphatic carbocycles. The summed E-state index contributed by atoms with van der Waals surface area (Å²) in [5.74, 6) is -0.181. The van der Waals surface area contributed by atoms with Gasteiger partial charge in [0.1, 0.15) is 0 Å². The molecule has 0 aliphatic rings. The van der Waals surface area contributed by atoms with Gasteiger partial charge in [0.15, 0.2) is 0 Å². The van der Waals surface area contributed by atoms with Crippen LogP contribution in [0.5, 0.6) is 0 Å². The molecule has 0 heterocycles. The van der Waals surface area contributed by atoms with Crippen LogP contribution in [-0.2, 0) is 0 Å². The third kappa shape index (κ3) is 1.59. The van der Waals surface area contributed by atoms with Gasteiger partial charge in [-0.3, -0.25) is 9.52 Å². The van der Waals surface area contributed by atoms with Crippen LogP contribution in [0, 0.1) is 0 Å². The average Bonchev–Trinajstić information content (AvgIpc) is 2.27. The Labute approximate surface area is 87.5 Å². The van der Waals surface area contributed by atoms with E-state index in [-0.39, 0.29) is 5.91 Å². The van der Waals surface area contributed by atoms with Crippen molar-refractivity contribution in [2.45, 2.75) is 0 Å². The maximum atomic E-state index is 11.3. The third-order valence-electron chi connectivity index (χ3n) is 2.11. The van der Waals surface area contributed by atoms with Gasteiger partial charge in [-0.1, -0.05) is 43.1 Å². The number of benzene rings is 2. The van der Waals surface area contributed by atoms with Crippen LogP contribution < -0.4 is 4.72 Å². The molecule has 0 radical (unpaired) electrons. The smallest absolute Gasteiger partial charge is 0.260 e. The standard InChI is InChI=1S/C11H9NOS/c13-11(12-14)10-6-5-8-3-1-2-4-9(8)7-10/h1-7,14H,(H,12,13). The van der Waals surface area contributed by atoms with Gasteiger partial charge in [0.2, 0.25) is 0 Å². The van der Waals surface area contributed by atoms with Gasteiger partial charge in [-0.15, -0.1) is 0 Å². The van der Waals surface area contributed by atoms with Crippen molar-refractivity contribution >= 4 is 29.5 Å². The molecular formula is C11H9NOS. The second-order valence-corrected chi connectivity index (χ2v) is 3.23. The lowest BCUT2D eigenvalue weighted by Crippen LogP contribution is -2.12. The number of carbonyl (C=O) groups is 1. The first-order valence-electron chi connectivity index (χ1n) is 4.24. The van der Waals surface area contributed by atoms with Crippen molar-refractivity contribution in [3.63, 3.8) is 0 Å². The molecular weight excluding hydrogens is 194 g/mol. The number of nitrogens with one attached hydrogen (secondary N) is 1. The molecule has 0 aliphatic heterocycles. The highest BCUT2D eigenvalue weighted by atomic mass is 32.1. The predicted molar refractivity (Wildman–Crippen MR) is 60.4 cm³/mol. The van der Waals surface area contributed by atoms with Crippen LogP contribution in [0.2, 0.25) is 0 Å². The quantitative estimate of drug-likeness (QED) is 0.685. The normalized spacial score (nSPS) is 10.1. The van der Waals surface area contributed by atoms with Crippen LogP contribution in [0.25, 0.3) is 10.8 Å². The van der Waals surface area contributed by atoms with Crippen molar-refractivity contribution in [3.8, 4) is 0 Å². The minimum absolute atomic E-state index is 0.181. The van der Waals surface area contributed by atoms with Gasteiger partial charge in [-0.2, -0.15) is 0 Å². The molecule has 0 aromatic heterocycles. The Morgan fingerprint density at radius 1 is 1.07 bits per heavy atom. The number of hydrogen-bond acceptors (Lipinski definition) is 2. The monoisotopic (exact) mass is 203 g/mol. The number of rotatable bonds is 1. The summed E-state index contributed by atoms with van der Waals surface area (Å²) in [6.07, 6.45) is 0. The van der Waals surface area contributed by atoms with Crippen LogP contribution in [0.4, 0.5) is 0 Å². The molecule has 2 aromatic carbocycles. The highest BCUT2D eigenvalue weighted by Gasteiger charge is 2.03. The Morgan fingerprint density at radius 3 is 2.50 bits per heavy atom. The fraction of sp³-hybridized carbons (Fsp3) is 0. The van der Waals surface area contributed by atoms with E-state index in [1.165, 1.54) is 0 Å². The lowest BCUT2D eigenvalue weighted by molar-refractivity contribution is 0.0985. The average molecular weight is 203 g/mol. The molecule has 3 heteroatoms. The fourth-order valence-electron chi connectivity index (χ4n) is 1.40. The zero-order valence-corrected chi connectivity index (χ0v) is 8.29. The van der Waals surface area contributed by atoms with Gasteiger partial charge < -0.3 is 0 Å². The summed E-state index contributed by atoms with van der Waals surface area (Å²) in [4.78, 5) is 11.3. The molecule has 0 spiro atoms. The highest BCUT2D eigenvalue weighted by molar-refractivity contribution is 7.78. The van der Waals surface area contributed by atoms with E-state index in [1.54, 1.807) is 6.07 Å². The van der Waals surface area contributed by atoms with E-state index >= 15 is 0 Å². The van der Waals surface area contributed by atoms with Crippen molar-refractivity contribution in [2.75, 3.05) is 0 Å². The number of thiol groups is 1. The lowest BCUT2D eigenvalue weighted by Gasteiger charge is -2.01. The van der Waals surface area contributed by atoms with Crippen molar-refractivity contribution in [2.24, 2.45) is 0 Å². The molecule has 0 fully saturated rings. The van der Waals surface area contributed by atoms with E-state index in [1.807, 2.05) is 36.4 Å². The van der Waals surface area contributed by atoms with E-state index in [4.69, 9.17) is 0 Å². The largest absolute Gasteiger partial charge is 0.299 e. The van der Waals surface area contributed by atoms with Gasteiger partial charge >= 0.3 is 0 Å². The van der Waals surface area contributed by atoms with E-state index in [0.717, 1.165) is 10.8 Å². The summed E-state index contributed by atoms with van der Waals surface area (Å²) >= 11 is 3.72. The summed E-state index contributed by atoms with van der Waals surface area (Å²) in [6.45, 7) is 0. The molecule has 2 rings (SSSR count). The third-order valence-corrected chi connectivity index (χ3v) is 2.32. The summed E-state index contributed by atoms with van der Waals surface area (Å²) < 4.78 is 2.30. The van der Waals surface area contributed by atoms with Crippen LogP contribution >= 0.6 is 12.8 Å². The second-order valence-electron chi connectivity index (χ2n) is 3.00. The lowest BCUT2D eigenvalue weighted by atomic mass is 10.1. The minimum Gasteiger partial charge on any atom is -0.299 e. The first kappa shape index (κ1) is 9.09. The Bertz CT molecular complexity index is 481. The van der Waals surface area contributed by atoms with E-state index in [0.29, 0.717) is 5.56 Å². The second kappa shape index (κ2) is 3.72. The molecule has 2 aromatic rings. The van der Waals surface area contributed by atoms with E-state index in [9.17, 15) is 4.79 Å². The van der Waals surface area contributed by atoms with Gasteiger partial charge in [0.25, 0.3) is 5.91 Å². The molecule has 0 atom stereocenters. The highest BCUT2D eigenvalue weighted by Crippen LogP contribution is 2.15. The molecule has 0 saturated heterocycles. The Balaban J connectivity index is 2.56. The van der Waals surface area contributed by atoms with Crippen molar-refractivity contribution in [1.29, 1.82) is 0 Å². The number of fused-ring (bicyclic) bond motifs is 1. The predicted octanol–water partition coefficient (Wildman–Crippen LogP) is 2.41. The number of amides is 1. The van der Waals surface area contributed by atoms with Crippen LogP contribution in [-0.4, -0.2) is 5.91 Å². The van der Waals surface area contributed by atoms with Crippen LogP contribution in [0.15, 0.2) is 42.5 Å². The Kier molecular flexibility index (Phi) is 2.41. The maximum absolute atomic E-state index is 11.3. The van der Waals surface area contributed by atoms with Gasteiger partial charge in [0.05, 0.1) is 0 Å². The first-order chi connectivity index (χ1) is 6.81. The molecule has 0 unspecified atom stereocenters.